The maximum Gasteiger partial charge on any atom is 0.253 e. The van der Waals surface area contributed by atoms with Gasteiger partial charge >= 0.3 is 0 Å². The van der Waals surface area contributed by atoms with Crippen LogP contribution in [0.4, 0.5) is 5.69 Å². The predicted molar refractivity (Wildman–Crippen MR) is 76.1 cm³/mol. The Hall–Kier alpha value is -1.75. The molecule has 0 spiro atoms. The number of rotatable bonds is 5. The van der Waals surface area contributed by atoms with Gasteiger partial charge in [-0.3, -0.25) is 9.59 Å². The minimum Gasteiger partial charge on any atom is -0.399 e. The highest BCUT2D eigenvalue weighted by Crippen LogP contribution is 2.18. The van der Waals surface area contributed by atoms with Gasteiger partial charge in [-0.25, -0.2) is 0 Å². The molecule has 3 N–H and O–H groups in total. The number of nitrogens with zero attached hydrogens (tertiary/aromatic N) is 1. The summed E-state index contributed by atoms with van der Waals surface area (Å²) in [7, 11) is 0. The summed E-state index contributed by atoms with van der Waals surface area (Å²) in [5.41, 5.74) is 6.34. The third-order valence-corrected chi connectivity index (χ3v) is 3.07. The molecule has 0 bridgehead atoms. The van der Waals surface area contributed by atoms with E-state index in [1.165, 1.54) is 12.1 Å². The molecule has 0 saturated heterocycles. The van der Waals surface area contributed by atoms with Gasteiger partial charge in [0.05, 0.1) is 17.1 Å². The van der Waals surface area contributed by atoms with E-state index in [1.807, 2.05) is 13.8 Å². The highest BCUT2D eigenvalue weighted by Gasteiger charge is 2.14. The zero-order chi connectivity index (χ0) is 14.4. The number of benzene rings is 1. The van der Waals surface area contributed by atoms with E-state index < -0.39 is 0 Å². The molecule has 0 unspecified atom stereocenters. The van der Waals surface area contributed by atoms with E-state index in [0.717, 1.165) is 0 Å². The van der Waals surface area contributed by atoms with E-state index in [9.17, 15) is 9.59 Å². The Kier molecular flexibility index (Phi) is 5.63. The van der Waals surface area contributed by atoms with Gasteiger partial charge in [0.2, 0.25) is 5.91 Å². The van der Waals surface area contributed by atoms with Crippen LogP contribution in [-0.2, 0) is 4.79 Å². The summed E-state index contributed by atoms with van der Waals surface area (Å²) in [6.07, 6.45) is 0. The van der Waals surface area contributed by atoms with E-state index >= 15 is 0 Å². The van der Waals surface area contributed by atoms with Gasteiger partial charge in [0.1, 0.15) is 0 Å². The molecular weight excluding hydrogens is 266 g/mol. The number of carbonyl (C=O) groups is 2. The van der Waals surface area contributed by atoms with Crippen LogP contribution in [0.2, 0.25) is 5.02 Å². The quantitative estimate of drug-likeness (QED) is 0.805. The summed E-state index contributed by atoms with van der Waals surface area (Å²) in [5.74, 6) is -0.504. The van der Waals surface area contributed by atoms with Crippen LogP contribution >= 0.6 is 11.6 Å². The standard InChI is InChI=1S/C13H18ClN3O2/c1-3-17(4-2)12(18)8-16-13(19)10-6-5-9(15)7-11(10)14/h5-7H,3-4,8,15H2,1-2H3,(H,16,19). The SMILES string of the molecule is CCN(CC)C(=O)CNC(=O)c1ccc(N)cc1Cl. The number of anilines is 1. The van der Waals surface area contributed by atoms with Crippen molar-refractivity contribution >= 4 is 29.1 Å². The molecule has 104 valence electrons. The molecule has 19 heavy (non-hydrogen) atoms. The van der Waals surface area contributed by atoms with E-state index in [-0.39, 0.29) is 23.4 Å². The summed E-state index contributed by atoms with van der Waals surface area (Å²) in [6.45, 7) is 4.98. The lowest BCUT2D eigenvalue weighted by Crippen LogP contribution is -2.40. The third-order valence-electron chi connectivity index (χ3n) is 2.75. The van der Waals surface area contributed by atoms with Crippen LogP contribution in [0.25, 0.3) is 0 Å². The topological polar surface area (TPSA) is 75.4 Å². The van der Waals surface area contributed by atoms with Crippen molar-refractivity contribution in [2.24, 2.45) is 0 Å². The molecule has 2 amide bonds. The zero-order valence-corrected chi connectivity index (χ0v) is 11.8. The highest BCUT2D eigenvalue weighted by atomic mass is 35.5. The smallest absolute Gasteiger partial charge is 0.253 e. The fourth-order valence-corrected chi connectivity index (χ4v) is 1.93. The average molecular weight is 284 g/mol. The van der Waals surface area contributed by atoms with Gasteiger partial charge in [0.25, 0.3) is 5.91 Å². The van der Waals surface area contributed by atoms with Gasteiger partial charge in [0.15, 0.2) is 0 Å². The van der Waals surface area contributed by atoms with E-state index in [0.29, 0.717) is 24.3 Å². The lowest BCUT2D eigenvalue weighted by molar-refractivity contribution is -0.129. The molecule has 5 nitrogen and oxygen atoms in total. The molecule has 0 atom stereocenters. The van der Waals surface area contributed by atoms with Crippen LogP contribution in [0, 0.1) is 0 Å². The first-order chi connectivity index (χ1) is 8.99. The van der Waals surface area contributed by atoms with Crippen LogP contribution in [-0.4, -0.2) is 36.3 Å². The molecule has 1 rings (SSSR count). The first-order valence-electron chi connectivity index (χ1n) is 6.10. The molecule has 1 aromatic carbocycles. The van der Waals surface area contributed by atoms with Crippen LogP contribution in [0.15, 0.2) is 18.2 Å². The van der Waals surface area contributed by atoms with E-state index in [1.54, 1.807) is 11.0 Å². The normalized spacial score (nSPS) is 10.1. The van der Waals surface area contributed by atoms with Gasteiger partial charge in [-0.15, -0.1) is 0 Å². The minimum absolute atomic E-state index is 0.0405. The van der Waals surface area contributed by atoms with Gasteiger partial charge in [-0.05, 0) is 32.0 Å². The fraction of sp³-hybridized carbons (Fsp3) is 0.385. The van der Waals surface area contributed by atoms with Gasteiger partial charge in [-0.2, -0.15) is 0 Å². The molecule has 0 fully saturated rings. The van der Waals surface area contributed by atoms with Gasteiger partial charge in [0, 0.05) is 18.8 Å². The van der Waals surface area contributed by atoms with Gasteiger partial charge < -0.3 is 16.0 Å². The van der Waals surface area contributed by atoms with Crippen LogP contribution in [0.3, 0.4) is 0 Å². The van der Waals surface area contributed by atoms with Crippen LogP contribution in [0.1, 0.15) is 24.2 Å². The van der Waals surface area contributed by atoms with Crippen molar-refractivity contribution in [1.82, 2.24) is 10.2 Å². The number of hydrogen-bond donors (Lipinski definition) is 2. The zero-order valence-electron chi connectivity index (χ0n) is 11.1. The van der Waals surface area contributed by atoms with E-state index in [4.69, 9.17) is 17.3 Å². The number of nitrogens with one attached hydrogen (secondary N) is 1. The van der Waals surface area contributed by atoms with Crippen molar-refractivity contribution in [2.45, 2.75) is 13.8 Å². The Morgan fingerprint density at radius 2 is 1.95 bits per heavy atom. The summed E-state index contributed by atoms with van der Waals surface area (Å²) >= 11 is 5.92. The molecule has 0 aliphatic rings. The molecule has 0 saturated carbocycles. The largest absolute Gasteiger partial charge is 0.399 e. The second kappa shape index (κ2) is 6.99. The number of amides is 2. The van der Waals surface area contributed by atoms with Crippen LogP contribution in [0.5, 0.6) is 0 Å². The van der Waals surface area contributed by atoms with Crippen molar-refractivity contribution < 1.29 is 9.59 Å². The second-order valence-corrected chi connectivity index (χ2v) is 4.40. The monoisotopic (exact) mass is 283 g/mol. The Morgan fingerprint density at radius 1 is 1.32 bits per heavy atom. The lowest BCUT2D eigenvalue weighted by Gasteiger charge is -2.18. The number of nitrogen functional groups attached to an aromatic ring is 1. The molecule has 0 aromatic heterocycles. The second-order valence-electron chi connectivity index (χ2n) is 3.99. The Labute approximate surface area is 117 Å². The number of halogens is 1. The highest BCUT2D eigenvalue weighted by molar-refractivity contribution is 6.34. The van der Waals surface area contributed by atoms with Gasteiger partial charge in [-0.1, -0.05) is 11.6 Å². The molecule has 0 heterocycles. The van der Waals surface area contributed by atoms with Crippen molar-refractivity contribution in [3.63, 3.8) is 0 Å². The van der Waals surface area contributed by atoms with Crippen molar-refractivity contribution in [2.75, 3.05) is 25.4 Å². The first kappa shape index (κ1) is 15.3. The Bertz CT molecular complexity index is 473. The minimum atomic E-state index is -0.384. The maximum absolute atomic E-state index is 11.9. The maximum atomic E-state index is 11.9. The van der Waals surface area contributed by atoms with E-state index in [2.05, 4.69) is 5.32 Å². The predicted octanol–water partition coefficient (Wildman–Crippen LogP) is 1.52. The number of hydrogen-bond acceptors (Lipinski definition) is 3. The van der Waals surface area contributed by atoms with Crippen molar-refractivity contribution in [3.8, 4) is 0 Å². The first-order valence-corrected chi connectivity index (χ1v) is 6.48. The van der Waals surface area contributed by atoms with Crippen molar-refractivity contribution in [1.29, 1.82) is 0 Å². The van der Waals surface area contributed by atoms with Crippen LogP contribution < -0.4 is 11.1 Å². The van der Waals surface area contributed by atoms with Crippen molar-refractivity contribution in [3.05, 3.63) is 28.8 Å². The number of nitrogens with two attached hydrogens (primary N) is 1. The molecule has 0 aliphatic heterocycles. The molecule has 0 aliphatic carbocycles. The Morgan fingerprint density at radius 3 is 2.47 bits per heavy atom. The molecule has 1 aromatic rings. The molecule has 0 radical (unpaired) electrons. The summed E-state index contributed by atoms with van der Waals surface area (Å²) < 4.78 is 0. The Balaban J connectivity index is 2.63. The lowest BCUT2D eigenvalue weighted by atomic mass is 10.2. The molecular formula is C13H18ClN3O2. The summed E-state index contributed by atoms with van der Waals surface area (Å²) in [4.78, 5) is 25.3. The summed E-state index contributed by atoms with van der Waals surface area (Å²) in [6, 6.07) is 4.63. The average Bonchev–Trinajstić information content (AvgIpc) is 2.37. The summed E-state index contributed by atoms with van der Waals surface area (Å²) in [5, 5.41) is 2.82. The number of likely N-dealkylation sites (N-methyl/N-ethyl adjacent to an activating group) is 1. The number of carbonyl (C=O) groups excluding carboxylic acids is 2. The fourth-order valence-electron chi connectivity index (χ4n) is 1.65. The third kappa shape index (κ3) is 4.13. The molecule has 6 heteroatoms.